The fraction of sp³-hybridized carbons (Fsp3) is 0. The molecule has 3 rings (SSSR count). The van der Waals surface area contributed by atoms with Gasteiger partial charge in [0.05, 0.1) is 11.6 Å². The molecule has 3 aromatic rings. The summed E-state index contributed by atoms with van der Waals surface area (Å²) >= 11 is 1.77. The number of hydrogen-bond acceptors (Lipinski definition) is 2. The van der Waals surface area contributed by atoms with Crippen LogP contribution in [0.15, 0.2) is 48.5 Å². The number of rotatable bonds is 1. The summed E-state index contributed by atoms with van der Waals surface area (Å²) in [6.07, 6.45) is 0. The van der Waals surface area contributed by atoms with Crippen molar-refractivity contribution in [2.75, 3.05) is 0 Å². The Hall–Kier alpha value is -2.05. The van der Waals surface area contributed by atoms with Crippen molar-refractivity contribution in [2.24, 2.45) is 0 Å². The third-order valence-corrected chi connectivity index (χ3v) is 4.15. The molecule has 0 bridgehead atoms. The zero-order chi connectivity index (χ0) is 12.5. The van der Waals surface area contributed by atoms with Crippen LogP contribution in [0.3, 0.4) is 0 Å². The molecule has 0 aliphatic heterocycles. The van der Waals surface area contributed by atoms with E-state index in [1.165, 1.54) is 20.6 Å². The Kier molecular flexibility index (Phi) is 2.66. The minimum atomic E-state index is 0.718. The lowest BCUT2D eigenvalue weighted by Crippen LogP contribution is -1.98. The van der Waals surface area contributed by atoms with Gasteiger partial charge in [0, 0.05) is 9.58 Å². The maximum Gasteiger partial charge on any atom is 0.139 e. The highest BCUT2D eigenvalue weighted by molar-refractivity contribution is 7.22. The Labute approximate surface area is 111 Å². The summed E-state index contributed by atoms with van der Waals surface area (Å²) in [6, 6.07) is 18.7. The van der Waals surface area contributed by atoms with E-state index in [0.29, 0.717) is 0 Å². The molecule has 0 N–H and O–H groups in total. The Bertz CT molecular complexity index is 750. The Morgan fingerprint density at radius 2 is 1.78 bits per heavy atom. The maximum atomic E-state index is 8.90. The molecule has 84 valence electrons. The van der Waals surface area contributed by atoms with E-state index in [1.807, 2.05) is 18.2 Å². The molecule has 2 aromatic carbocycles. The molecule has 1 aromatic heterocycles. The van der Waals surface area contributed by atoms with Crippen molar-refractivity contribution < 1.29 is 0 Å². The fourth-order valence-electron chi connectivity index (χ4n) is 1.97. The van der Waals surface area contributed by atoms with Crippen LogP contribution in [-0.2, 0) is 0 Å². The third-order valence-electron chi connectivity index (χ3n) is 2.98. The van der Waals surface area contributed by atoms with Gasteiger partial charge in [-0.05, 0) is 35.2 Å². The Balaban J connectivity index is 2.13. The second kappa shape index (κ2) is 4.32. The van der Waals surface area contributed by atoms with Crippen LogP contribution in [0.1, 0.15) is 5.56 Å². The van der Waals surface area contributed by atoms with Crippen LogP contribution in [0.5, 0.6) is 0 Å². The van der Waals surface area contributed by atoms with Crippen molar-refractivity contribution in [3.05, 3.63) is 54.1 Å². The molecule has 0 spiro atoms. The first-order valence-corrected chi connectivity index (χ1v) is 6.59. The summed E-state index contributed by atoms with van der Waals surface area (Å²) in [5, 5.41) is 10.1. The first kappa shape index (κ1) is 11.1. The highest BCUT2D eigenvalue weighted by Gasteiger charge is 2.04. The Morgan fingerprint density at radius 1 is 1.00 bits per heavy atom. The highest BCUT2D eigenvalue weighted by atomic mass is 32.1. The smallest absolute Gasteiger partial charge is 0.139 e. The van der Waals surface area contributed by atoms with Gasteiger partial charge in [0.1, 0.15) is 7.85 Å². The highest BCUT2D eigenvalue weighted by Crippen LogP contribution is 2.33. The van der Waals surface area contributed by atoms with E-state index < -0.39 is 0 Å². The number of nitrogens with zero attached hydrogens (tertiary/aromatic N) is 1. The zero-order valence-electron chi connectivity index (χ0n) is 9.97. The molecule has 0 unspecified atom stereocenters. The standard InChI is InChI=1S/C15H10BNS/c16-13-4-2-11(3-5-13)15-8-12-7-10(9-17)1-6-14(12)18-15/h1-8H,16H2. The van der Waals surface area contributed by atoms with Crippen molar-refractivity contribution in [1.29, 1.82) is 5.26 Å². The van der Waals surface area contributed by atoms with Crippen LogP contribution in [0.2, 0.25) is 0 Å². The molecule has 18 heavy (non-hydrogen) atoms. The molecule has 3 heteroatoms. The van der Waals surface area contributed by atoms with Crippen molar-refractivity contribution in [3.63, 3.8) is 0 Å². The average molecular weight is 247 g/mol. The predicted molar refractivity (Wildman–Crippen MR) is 80.2 cm³/mol. The van der Waals surface area contributed by atoms with E-state index in [2.05, 4.69) is 44.2 Å². The van der Waals surface area contributed by atoms with Gasteiger partial charge in [-0.2, -0.15) is 5.26 Å². The molecule has 0 atom stereocenters. The SMILES string of the molecule is Bc1ccc(-c2cc3cc(C#N)ccc3s2)cc1. The van der Waals surface area contributed by atoms with Gasteiger partial charge in [0.25, 0.3) is 0 Å². The molecule has 0 amide bonds. The van der Waals surface area contributed by atoms with Gasteiger partial charge in [-0.3, -0.25) is 0 Å². The molecule has 0 saturated carbocycles. The van der Waals surface area contributed by atoms with E-state index in [1.54, 1.807) is 11.3 Å². The molecule has 1 heterocycles. The van der Waals surface area contributed by atoms with Crippen LogP contribution in [0.4, 0.5) is 0 Å². The van der Waals surface area contributed by atoms with E-state index in [-0.39, 0.29) is 0 Å². The van der Waals surface area contributed by atoms with E-state index in [0.717, 1.165) is 10.9 Å². The summed E-state index contributed by atoms with van der Waals surface area (Å²) in [7, 11) is 2.09. The molecule has 0 saturated heterocycles. The predicted octanol–water partition coefficient (Wildman–Crippen LogP) is 2.70. The third kappa shape index (κ3) is 1.92. The number of hydrogen-bond donors (Lipinski definition) is 0. The first-order valence-electron chi connectivity index (χ1n) is 5.77. The Morgan fingerprint density at radius 3 is 2.50 bits per heavy atom. The van der Waals surface area contributed by atoms with Gasteiger partial charge in [-0.15, -0.1) is 11.3 Å². The summed E-state index contributed by atoms with van der Waals surface area (Å²) in [6.45, 7) is 0. The van der Waals surface area contributed by atoms with Crippen molar-refractivity contribution in [1.82, 2.24) is 0 Å². The fourth-order valence-corrected chi connectivity index (χ4v) is 3.02. The second-order valence-electron chi connectivity index (χ2n) is 4.34. The van der Waals surface area contributed by atoms with Gasteiger partial charge >= 0.3 is 0 Å². The van der Waals surface area contributed by atoms with Crippen LogP contribution >= 0.6 is 11.3 Å². The quantitative estimate of drug-likeness (QED) is 0.606. The van der Waals surface area contributed by atoms with Crippen molar-refractivity contribution >= 4 is 34.7 Å². The lowest BCUT2D eigenvalue weighted by atomic mass is 9.95. The maximum absolute atomic E-state index is 8.90. The topological polar surface area (TPSA) is 23.8 Å². The van der Waals surface area contributed by atoms with Crippen LogP contribution in [-0.4, -0.2) is 7.85 Å². The number of benzene rings is 2. The van der Waals surface area contributed by atoms with Gasteiger partial charge in [0.2, 0.25) is 0 Å². The first-order chi connectivity index (χ1) is 8.76. The average Bonchev–Trinajstić information content (AvgIpc) is 2.82. The summed E-state index contributed by atoms with van der Waals surface area (Å²) in [5.41, 5.74) is 3.22. The van der Waals surface area contributed by atoms with Gasteiger partial charge in [0.15, 0.2) is 0 Å². The molecular weight excluding hydrogens is 237 g/mol. The largest absolute Gasteiger partial charge is 0.192 e. The van der Waals surface area contributed by atoms with Crippen molar-refractivity contribution in [2.45, 2.75) is 0 Å². The summed E-state index contributed by atoms with van der Waals surface area (Å²) in [4.78, 5) is 1.25. The number of thiophene rings is 1. The minimum absolute atomic E-state index is 0.718. The number of nitriles is 1. The normalized spacial score (nSPS) is 10.4. The summed E-state index contributed by atoms with van der Waals surface area (Å²) < 4.78 is 1.23. The van der Waals surface area contributed by atoms with Crippen molar-refractivity contribution in [3.8, 4) is 16.5 Å². The number of fused-ring (bicyclic) bond motifs is 1. The molecular formula is C15H10BNS. The molecule has 0 radical (unpaired) electrons. The zero-order valence-corrected chi connectivity index (χ0v) is 10.8. The summed E-state index contributed by atoms with van der Waals surface area (Å²) in [5.74, 6) is 0. The lowest BCUT2D eigenvalue weighted by Gasteiger charge is -1.97. The van der Waals surface area contributed by atoms with Crippen LogP contribution < -0.4 is 5.46 Å². The minimum Gasteiger partial charge on any atom is -0.192 e. The second-order valence-corrected chi connectivity index (χ2v) is 5.42. The van der Waals surface area contributed by atoms with Crippen LogP contribution in [0, 0.1) is 11.3 Å². The molecule has 0 aliphatic carbocycles. The monoisotopic (exact) mass is 247 g/mol. The van der Waals surface area contributed by atoms with Gasteiger partial charge in [-0.25, -0.2) is 0 Å². The van der Waals surface area contributed by atoms with Gasteiger partial charge < -0.3 is 0 Å². The molecule has 0 aliphatic rings. The van der Waals surface area contributed by atoms with E-state index in [4.69, 9.17) is 5.26 Å². The van der Waals surface area contributed by atoms with Crippen LogP contribution in [0.25, 0.3) is 20.5 Å². The molecule has 1 nitrogen and oxygen atoms in total. The molecule has 0 fully saturated rings. The van der Waals surface area contributed by atoms with E-state index in [9.17, 15) is 0 Å². The van der Waals surface area contributed by atoms with E-state index >= 15 is 0 Å². The van der Waals surface area contributed by atoms with Gasteiger partial charge in [-0.1, -0.05) is 29.7 Å². The lowest BCUT2D eigenvalue weighted by molar-refractivity contribution is 1.50.